The molecule has 0 radical (unpaired) electrons. The molecule has 1 heterocycles. The van der Waals surface area contributed by atoms with Crippen LogP contribution in [0, 0.1) is 5.41 Å². The Balaban J connectivity index is 0.000000396. The predicted molar refractivity (Wildman–Crippen MR) is 58.9 cm³/mol. The minimum Gasteiger partial charge on any atom is -0.314 e. The summed E-state index contributed by atoms with van der Waals surface area (Å²) in [5.74, 6) is 0. The van der Waals surface area contributed by atoms with E-state index in [1.165, 1.54) is 45.1 Å². The molecule has 2 aliphatic rings. The van der Waals surface area contributed by atoms with Crippen LogP contribution in [0.3, 0.4) is 0 Å². The molecular weight excluding hydrogens is 158 g/mol. The quantitative estimate of drug-likeness (QED) is 0.607. The molecule has 1 nitrogen and oxygen atoms in total. The zero-order valence-corrected chi connectivity index (χ0v) is 9.53. The molecule has 2 rings (SSSR count). The average Bonchev–Trinajstić information content (AvgIpc) is 2.53. The highest BCUT2D eigenvalue weighted by Gasteiger charge is 2.40. The molecule has 1 spiro atoms. The summed E-state index contributed by atoms with van der Waals surface area (Å²) in [6, 6.07) is 0.794. The molecule has 0 aromatic heterocycles. The molecule has 0 amide bonds. The fourth-order valence-electron chi connectivity index (χ4n) is 2.91. The third-order valence-electron chi connectivity index (χ3n) is 3.84. The zero-order chi connectivity index (χ0) is 9.73. The van der Waals surface area contributed by atoms with Crippen molar-refractivity contribution in [1.29, 1.82) is 0 Å². The second-order valence-electron chi connectivity index (χ2n) is 4.35. The summed E-state index contributed by atoms with van der Waals surface area (Å²) < 4.78 is 0. The summed E-state index contributed by atoms with van der Waals surface area (Å²) >= 11 is 0. The summed E-state index contributed by atoms with van der Waals surface area (Å²) in [6.07, 6.45) is 8.85. The zero-order valence-electron chi connectivity index (χ0n) is 9.53. The first kappa shape index (κ1) is 11.0. The molecule has 2 fully saturated rings. The van der Waals surface area contributed by atoms with Gasteiger partial charge in [0.2, 0.25) is 0 Å². The van der Waals surface area contributed by atoms with E-state index in [9.17, 15) is 0 Å². The number of nitrogens with one attached hydrogen (secondary N) is 1. The van der Waals surface area contributed by atoms with Crippen LogP contribution in [-0.2, 0) is 0 Å². The second kappa shape index (κ2) is 4.99. The van der Waals surface area contributed by atoms with E-state index in [0.717, 1.165) is 11.5 Å². The topological polar surface area (TPSA) is 12.0 Å². The molecule has 13 heavy (non-hydrogen) atoms. The van der Waals surface area contributed by atoms with Crippen LogP contribution in [0.25, 0.3) is 0 Å². The van der Waals surface area contributed by atoms with Crippen molar-refractivity contribution in [2.24, 2.45) is 5.41 Å². The third kappa shape index (κ3) is 2.25. The molecule has 1 saturated carbocycles. The summed E-state index contributed by atoms with van der Waals surface area (Å²) in [5.41, 5.74) is 0.720. The van der Waals surface area contributed by atoms with E-state index >= 15 is 0 Å². The third-order valence-corrected chi connectivity index (χ3v) is 3.84. The van der Waals surface area contributed by atoms with E-state index < -0.39 is 0 Å². The first-order valence-electron chi connectivity index (χ1n) is 6.07. The number of hydrogen-bond donors (Lipinski definition) is 1. The maximum atomic E-state index is 3.58. The van der Waals surface area contributed by atoms with Crippen LogP contribution in [-0.4, -0.2) is 12.6 Å². The molecular formula is C12H25N. The molecule has 0 aromatic rings. The van der Waals surface area contributed by atoms with Gasteiger partial charge in [0.15, 0.2) is 0 Å². The van der Waals surface area contributed by atoms with Crippen molar-refractivity contribution in [2.45, 2.75) is 65.3 Å². The standard InChI is InChI=1S/C10H19N.C2H6/c1-9-10(7-8-11-9)5-3-2-4-6-10;1-2/h9,11H,2-8H2,1H3;1-2H3. The highest BCUT2D eigenvalue weighted by Crippen LogP contribution is 2.44. The summed E-state index contributed by atoms with van der Waals surface area (Å²) in [5, 5.41) is 3.58. The van der Waals surface area contributed by atoms with Crippen molar-refractivity contribution in [3.8, 4) is 0 Å². The van der Waals surface area contributed by atoms with Crippen LogP contribution >= 0.6 is 0 Å². The highest BCUT2D eigenvalue weighted by atomic mass is 15.0. The Labute approximate surface area is 83.3 Å². The van der Waals surface area contributed by atoms with Gasteiger partial charge in [0.1, 0.15) is 0 Å². The average molecular weight is 183 g/mol. The van der Waals surface area contributed by atoms with E-state index in [2.05, 4.69) is 12.2 Å². The minimum atomic E-state index is 0.720. The fraction of sp³-hybridized carbons (Fsp3) is 1.00. The van der Waals surface area contributed by atoms with Gasteiger partial charge in [0.25, 0.3) is 0 Å². The van der Waals surface area contributed by atoms with Crippen LogP contribution in [0.4, 0.5) is 0 Å². The maximum absolute atomic E-state index is 3.58. The Morgan fingerprint density at radius 2 is 1.62 bits per heavy atom. The van der Waals surface area contributed by atoms with Crippen LogP contribution in [0.15, 0.2) is 0 Å². The molecule has 78 valence electrons. The van der Waals surface area contributed by atoms with Crippen LogP contribution in [0.5, 0.6) is 0 Å². The van der Waals surface area contributed by atoms with Crippen molar-refractivity contribution in [3.05, 3.63) is 0 Å². The van der Waals surface area contributed by atoms with Gasteiger partial charge in [0, 0.05) is 6.04 Å². The minimum absolute atomic E-state index is 0.720. The first-order chi connectivity index (χ1) is 6.33. The molecule has 1 heteroatoms. The van der Waals surface area contributed by atoms with Crippen molar-refractivity contribution in [1.82, 2.24) is 5.32 Å². The van der Waals surface area contributed by atoms with Crippen LogP contribution < -0.4 is 5.32 Å². The lowest BCUT2D eigenvalue weighted by atomic mass is 9.70. The molecule has 1 atom stereocenters. The van der Waals surface area contributed by atoms with Gasteiger partial charge in [-0.2, -0.15) is 0 Å². The molecule has 0 bridgehead atoms. The van der Waals surface area contributed by atoms with E-state index in [1.54, 1.807) is 0 Å². The largest absolute Gasteiger partial charge is 0.314 e. The Kier molecular flexibility index (Phi) is 4.24. The lowest BCUT2D eigenvalue weighted by Crippen LogP contribution is -2.35. The number of hydrogen-bond acceptors (Lipinski definition) is 1. The fourth-order valence-corrected chi connectivity index (χ4v) is 2.91. The van der Waals surface area contributed by atoms with E-state index in [0.29, 0.717) is 0 Å². The maximum Gasteiger partial charge on any atom is 0.00956 e. The normalized spacial score (nSPS) is 31.2. The van der Waals surface area contributed by atoms with Crippen molar-refractivity contribution in [2.75, 3.05) is 6.54 Å². The molecule has 1 aliphatic carbocycles. The Morgan fingerprint density at radius 3 is 2.08 bits per heavy atom. The Hall–Kier alpha value is -0.0400. The Morgan fingerprint density at radius 1 is 1.00 bits per heavy atom. The second-order valence-corrected chi connectivity index (χ2v) is 4.35. The van der Waals surface area contributed by atoms with Crippen LogP contribution in [0.1, 0.15) is 59.3 Å². The van der Waals surface area contributed by atoms with Gasteiger partial charge in [0.05, 0.1) is 0 Å². The lowest BCUT2D eigenvalue weighted by molar-refractivity contribution is 0.173. The van der Waals surface area contributed by atoms with Gasteiger partial charge in [-0.25, -0.2) is 0 Å². The van der Waals surface area contributed by atoms with Gasteiger partial charge < -0.3 is 5.32 Å². The van der Waals surface area contributed by atoms with Gasteiger partial charge in [-0.3, -0.25) is 0 Å². The van der Waals surface area contributed by atoms with Gasteiger partial charge in [-0.1, -0.05) is 33.1 Å². The van der Waals surface area contributed by atoms with Gasteiger partial charge in [-0.15, -0.1) is 0 Å². The van der Waals surface area contributed by atoms with E-state index in [-0.39, 0.29) is 0 Å². The lowest BCUT2D eigenvalue weighted by Gasteiger charge is -2.36. The predicted octanol–water partition coefficient (Wildman–Crippen LogP) is 3.34. The smallest absolute Gasteiger partial charge is 0.00956 e. The number of rotatable bonds is 0. The summed E-state index contributed by atoms with van der Waals surface area (Å²) in [7, 11) is 0. The highest BCUT2D eigenvalue weighted by molar-refractivity contribution is 4.95. The van der Waals surface area contributed by atoms with Crippen molar-refractivity contribution < 1.29 is 0 Å². The van der Waals surface area contributed by atoms with Crippen LogP contribution in [0.2, 0.25) is 0 Å². The first-order valence-corrected chi connectivity index (χ1v) is 6.07. The molecule has 1 aliphatic heterocycles. The van der Waals surface area contributed by atoms with Crippen molar-refractivity contribution in [3.63, 3.8) is 0 Å². The van der Waals surface area contributed by atoms with E-state index in [4.69, 9.17) is 0 Å². The van der Waals surface area contributed by atoms with Gasteiger partial charge >= 0.3 is 0 Å². The summed E-state index contributed by atoms with van der Waals surface area (Å²) in [6.45, 7) is 7.64. The Bertz CT molecular complexity index is 136. The molecule has 0 aromatic carbocycles. The molecule has 1 unspecified atom stereocenters. The molecule has 1 saturated heterocycles. The monoisotopic (exact) mass is 183 g/mol. The SMILES string of the molecule is CC.CC1NCCC12CCCCC2. The van der Waals surface area contributed by atoms with Crippen molar-refractivity contribution >= 4 is 0 Å². The van der Waals surface area contributed by atoms with Gasteiger partial charge in [-0.05, 0) is 38.1 Å². The van der Waals surface area contributed by atoms with E-state index in [1.807, 2.05) is 13.8 Å². The summed E-state index contributed by atoms with van der Waals surface area (Å²) in [4.78, 5) is 0. The molecule has 1 N–H and O–H groups in total.